The highest BCUT2D eigenvalue weighted by Crippen LogP contribution is 2.22. The van der Waals surface area contributed by atoms with Crippen LogP contribution in [0, 0.1) is 5.92 Å². The number of nitrogens with one attached hydrogen (secondary N) is 1. The SMILES string of the molecule is COc1ccc(Cl)cc1C(=O)NCCC(C)C(=O)O. The molecule has 1 aromatic rings. The van der Waals surface area contributed by atoms with Crippen LogP contribution < -0.4 is 10.1 Å². The van der Waals surface area contributed by atoms with Gasteiger partial charge in [0.2, 0.25) is 0 Å². The van der Waals surface area contributed by atoms with Gasteiger partial charge in [0.25, 0.3) is 5.91 Å². The number of carbonyl (C=O) groups excluding carboxylic acids is 1. The lowest BCUT2D eigenvalue weighted by Gasteiger charge is -2.10. The molecule has 104 valence electrons. The van der Waals surface area contributed by atoms with E-state index in [4.69, 9.17) is 21.4 Å². The van der Waals surface area contributed by atoms with Gasteiger partial charge in [0.1, 0.15) is 5.75 Å². The van der Waals surface area contributed by atoms with E-state index in [9.17, 15) is 9.59 Å². The monoisotopic (exact) mass is 285 g/mol. The molecule has 1 rings (SSSR count). The van der Waals surface area contributed by atoms with Crippen molar-refractivity contribution >= 4 is 23.5 Å². The van der Waals surface area contributed by atoms with Crippen LogP contribution in [0.1, 0.15) is 23.7 Å². The van der Waals surface area contributed by atoms with Gasteiger partial charge in [-0.25, -0.2) is 0 Å². The lowest BCUT2D eigenvalue weighted by atomic mass is 10.1. The molecule has 19 heavy (non-hydrogen) atoms. The molecule has 2 N–H and O–H groups in total. The van der Waals surface area contributed by atoms with Crippen LogP contribution in [0.4, 0.5) is 0 Å². The summed E-state index contributed by atoms with van der Waals surface area (Å²) in [7, 11) is 1.46. The molecule has 0 spiro atoms. The summed E-state index contributed by atoms with van der Waals surface area (Å²) in [5.74, 6) is -1.29. The van der Waals surface area contributed by atoms with Crippen LogP contribution in [0.3, 0.4) is 0 Å². The Morgan fingerprint density at radius 2 is 2.16 bits per heavy atom. The number of hydrogen-bond donors (Lipinski definition) is 2. The summed E-state index contributed by atoms with van der Waals surface area (Å²) in [4.78, 5) is 22.6. The number of halogens is 1. The normalized spacial score (nSPS) is 11.7. The minimum absolute atomic E-state index is 0.280. The standard InChI is InChI=1S/C13H16ClNO4/c1-8(13(17)18)5-6-15-12(16)10-7-9(14)3-4-11(10)19-2/h3-4,7-8H,5-6H2,1-2H3,(H,15,16)(H,17,18). The lowest BCUT2D eigenvalue weighted by Crippen LogP contribution is -2.27. The fourth-order valence-corrected chi connectivity index (χ4v) is 1.65. The molecule has 1 aromatic carbocycles. The Hall–Kier alpha value is -1.75. The largest absolute Gasteiger partial charge is 0.496 e. The van der Waals surface area contributed by atoms with Crippen LogP contribution in [-0.2, 0) is 4.79 Å². The number of aliphatic carboxylic acids is 1. The van der Waals surface area contributed by atoms with Crippen LogP contribution in [0.15, 0.2) is 18.2 Å². The highest BCUT2D eigenvalue weighted by atomic mass is 35.5. The number of carboxylic acid groups (broad SMARTS) is 1. The molecular weight excluding hydrogens is 270 g/mol. The number of methoxy groups -OCH3 is 1. The second-order valence-corrected chi connectivity index (χ2v) is 4.56. The van der Waals surface area contributed by atoms with Crippen molar-refractivity contribution in [2.75, 3.05) is 13.7 Å². The van der Waals surface area contributed by atoms with Crippen molar-refractivity contribution in [3.8, 4) is 5.75 Å². The van der Waals surface area contributed by atoms with Crippen LogP contribution in [0.5, 0.6) is 5.75 Å². The lowest BCUT2D eigenvalue weighted by molar-refractivity contribution is -0.141. The van der Waals surface area contributed by atoms with E-state index in [0.29, 0.717) is 22.8 Å². The predicted octanol–water partition coefficient (Wildman–Crippen LogP) is 2.19. The van der Waals surface area contributed by atoms with E-state index < -0.39 is 11.9 Å². The zero-order valence-electron chi connectivity index (χ0n) is 10.8. The molecule has 0 aliphatic carbocycles. The third-order valence-corrected chi connectivity index (χ3v) is 2.93. The van der Waals surface area contributed by atoms with Crippen molar-refractivity contribution in [1.29, 1.82) is 0 Å². The first-order valence-corrected chi connectivity index (χ1v) is 6.18. The summed E-state index contributed by atoms with van der Waals surface area (Å²) in [6.07, 6.45) is 0.365. The number of carboxylic acids is 1. The summed E-state index contributed by atoms with van der Waals surface area (Å²) in [6, 6.07) is 4.75. The van der Waals surface area contributed by atoms with Crippen molar-refractivity contribution in [3.05, 3.63) is 28.8 Å². The first-order chi connectivity index (χ1) is 8.95. The summed E-state index contributed by atoms with van der Waals surface area (Å²) >= 11 is 5.83. The van der Waals surface area contributed by atoms with Crippen molar-refractivity contribution in [1.82, 2.24) is 5.32 Å². The van der Waals surface area contributed by atoms with Crippen molar-refractivity contribution in [2.24, 2.45) is 5.92 Å². The molecule has 0 aromatic heterocycles. The van der Waals surface area contributed by atoms with E-state index in [1.165, 1.54) is 13.2 Å². The third kappa shape index (κ3) is 4.44. The topological polar surface area (TPSA) is 75.6 Å². The van der Waals surface area contributed by atoms with E-state index in [1.54, 1.807) is 19.1 Å². The molecule has 5 nitrogen and oxygen atoms in total. The number of hydrogen-bond acceptors (Lipinski definition) is 3. The predicted molar refractivity (Wildman–Crippen MR) is 71.8 cm³/mol. The Bertz CT molecular complexity index is 476. The fourth-order valence-electron chi connectivity index (χ4n) is 1.48. The number of rotatable bonds is 6. The van der Waals surface area contributed by atoms with Crippen molar-refractivity contribution < 1.29 is 19.4 Å². The molecule has 1 amide bonds. The van der Waals surface area contributed by atoms with Gasteiger partial charge in [-0.2, -0.15) is 0 Å². The van der Waals surface area contributed by atoms with Gasteiger partial charge < -0.3 is 15.2 Å². The summed E-state index contributed by atoms with van der Waals surface area (Å²) in [5, 5.41) is 11.8. The molecule has 0 fully saturated rings. The quantitative estimate of drug-likeness (QED) is 0.840. The van der Waals surface area contributed by atoms with Crippen LogP contribution in [-0.4, -0.2) is 30.6 Å². The Morgan fingerprint density at radius 1 is 1.47 bits per heavy atom. The molecule has 6 heteroatoms. The Morgan fingerprint density at radius 3 is 2.74 bits per heavy atom. The summed E-state index contributed by atoms with van der Waals surface area (Å²) < 4.78 is 5.07. The zero-order valence-corrected chi connectivity index (χ0v) is 11.5. The van der Waals surface area contributed by atoms with Gasteiger partial charge >= 0.3 is 5.97 Å². The molecular formula is C13H16ClNO4. The highest BCUT2D eigenvalue weighted by Gasteiger charge is 2.14. The molecule has 0 saturated heterocycles. The maximum absolute atomic E-state index is 11.9. The smallest absolute Gasteiger partial charge is 0.306 e. The minimum atomic E-state index is -0.880. The van der Waals surface area contributed by atoms with Gasteiger partial charge in [0.15, 0.2) is 0 Å². The molecule has 0 radical (unpaired) electrons. The van der Waals surface area contributed by atoms with E-state index >= 15 is 0 Å². The van der Waals surface area contributed by atoms with E-state index in [0.717, 1.165) is 0 Å². The fraction of sp³-hybridized carbons (Fsp3) is 0.385. The van der Waals surface area contributed by atoms with Gasteiger partial charge in [-0.1, -0.05) is 18.5 Å². The molecule has 0 aliphatic heterocycles. The van der Waals surface area contributed by atoms with E-state index in [-0.39, 0.29) is 12.5 Å². The van der Waals surface area contributed by atoms with Crippen molar-refractivity contribution in [3.63, 3.8) is 0 Å². The second-order valence-electron chi connectivity index (χ2n) is 4.13. The van der Waals surface area contributed by atoms with Gasteiger partial charge in [-0.05, 0) is 24.6 Å². The number of benzene rings is 1. The second kappa shape index (κ2) is 6.99. The van der Waals surface area contributed by atoms with Gasteiger partial charge in [0.05, 0.1) is 18.6 Å². The number of amides is 1. The molecule has 0 saturated carbocycles. The van der Waals surface area contributed by atoms with Crippen LogP contribution in [0.25, 0.3) is 0 Å². The van der Waals surface area contributed by atoms with Gasteiger partial charge in [0, 0.05) is 11.6 Å². The zero-order chi connectivity index (χ0) is 14.4. The highest BCUT2D eigenvalue weighted by molar-refractivity contribution is 6.31. The Kier molecular flexibility index (Phi) is 5.63. The van der Waals surface area contributed by atoms with E-state index in [2.05, 4.69) is 5.32 Å². The van der Waals surface area contributed by atoms with Crippen LogP contribution in [0.2, 0.25) is 5.02 Å². The molecule has 0 bridgehead atoms. The average Bonchev–Trinajstić information content (AvgIpc) is 2.38. The molecule has 0 heterocycles. The first kappa shape index (κ1) is 15.3. The Balaban J connectivity index is 2.63. The number of ether oxygens (including phenoxy) is 1. The third-order valence-electron chi connectivity index (χ3n) is 2.69. The maximum atomic E-state index is 11.9. The van der Waals surface area contributed by atoms with Gasteiger partial charge in [-0.3, -0.25) is 9.59 Å². The average molecular weight is 286 g/mol. The van der Waals surface area contributed by atoms with E-state index in [1.807, 2.05) is 0 Å². The first-order valence-electron chi connectivity index (χ1n) is 5.80. The number of carbonyl (C=O) groups is 2. The minimum Gasteiger partial charge on any atom is -0.496 e. The Labute approximate surface area is 116 Å². The molecule has 1 atom stereocenters. The van der Waals surface area contributed by atoms with Gasteiger partial charge in [-0.15, -0.1) is 0 Å². The maximum Gasteiger partial charge on any atom is 0.306 e. The summed E-state index contributed by atoms with van der Waals surface area (Å²) in [5.41, 5.74) is 0.331. The summed E-state index contributed by atoms with van der Waals surface area (Å²) in [6.45, 7) is 1.87. The molecule has 0 aliphatic rings. The molecule has 1 unspecified atom stereocenters. The van der Waals surface area contributed by atoms with Crippen LogP contribution >= 0.6 is 11.6 Å². The van der Waals surface area contributed by atoms with Crippen molar-refractivity contribution in [2.45, 2.75) is 13.3 Å².